The summed E-state index contributed by atoms with van der Waals surface area (Å²) in [7, 11) is 0. The second-order valence-corrected chi connectivity index (χ2v) is 9.41. The van der Waals surface area contributed by atoms with Gasteiger partial charge < -0.3 is 38.1 Å². The zero-order valence-electron chi connectivity index (χ0n) is 17.9. The Balaban J connectivity index is 1.61. The average molecular weight is 419 g/mol. The van der Waals surface area contributed by atoms with Crippen LogP contribution < -0.4 is 38.1 Å². The lowest BCUT2D eigenvalue weighted by Crippen LogP contribution is -2.54. The number of nitrogens with two attached hydrogens (primary N) is 4. The van der Waals surface area contributed by atoms with E-state index in [4.69, 9.17) is 37.9 Å². The van der Waals surface area contributed by atoms with E-state index in [9.17, 15) is 0 Å². The normalized spacial score (nSPS) is 31.5. The van der Waals surface area contributed by atoms with Crippen LogP contribution in [0.25, 0.3) is 0 Å². The van der Waals surface area contributed by atoms with Crippen molar-refractivity contribution in [3.05, 3.63) is 0 Å². The van der Waals surface area contributed by atoms with Gasteiger partial charge >= 0.3 is 0 Å². The molecule has 2 aliphatic heterocycles. The maximum absolute atomic E-state index is 6.22. The smallest absolute Gasteiger partial charge is 0.232 e. The molecule has 1 saturated carbocycles. The molecule has 0 bridgehead atoms. The van der Waals surface area contributed by atoms with Crippen molar-refractivity contribution in [2.75, 3.05) is 41.3 Å². The number of nitrogens with zero attached hydrogens (tertiary/aromatic N) is 5. The summed E-state index contributed by atoms with van der Waals surface area (Å²) < 4.78 is 0. The van der Waals surface area contributed by atoms with Gasteiger partial charge in [0.1, 0.15) is 0 Å². The molecule has 0 aromatic carbocycles. The van der Waals surface area contributed by atoms with Crippen LogP contribution in [-0.2, 0) is 0 Å². The van der Waals surface area contributed by atoms with E-state index in [-0.39, 0.29) is 24.2 Å². The summed E-state index contributed by atoms with van der Waals surface area (Å²) in [6.07, 6.45) is 9.03. The Hall–Kier alpha value is -1.75. The molecule has 10 nitrogen and oxygen atoms in total. The van der Waals surface area contributed by atoms with E-state index < -0.39 is 0 Å². The third-order valence-corrected chi connectivity index (χ3v) is 6.40. The minimum atomic E-state index is 0.0177. The van der Waals surface area contributed by atoms with Crippen molar-refractivity contribution in [2.45, 2.75) is 81.6 Å². The Kier molecular flexibility index (Phi) is 6.87. The number of rotatable bonds is 4. The molecule has 4 rings (SSSR count). The van der Waals surface area contributed by atoms with Crippen LogP contribution in [0.3, 0.4) is 0 Å². The van der Waals surface area contributed by atoms with Crippen LogP contribution in [0, 0.1) is 0 Å². The molecule has 0 amide bonds. The lowest BCUT2D eigenvalue weighted by molar-refractivity contribution is 0.441. The summed E-state index contributed by atoms with van der Waals surface area (Å²) in [4.78, 5) is 18.5. The third-order valence-electron chi connectivity index (χ3n) is 6.40. The SMILES string of the molecule is N[C@@H]1C[C@H](N)CN(c2nc(NC3CCCCCC3)nc(N3C[C@H](N)C[C@H](N)C3)n2)C1. The van der Waals surface area contributed by atoms with Gasteiger partial charge in [0, 0.05) is 56.4 Å². The zero-order valence-corrected chi connectivity index (χ0v) is 17.9. The molecule has 30 heavy (non-hydrogen) atoms. The van der Waals surface area contributed by atoms with E-state index in [0.717, 1.165) is 25.7 Å². The number of aromatic nitrogens is 3. The largest absolute Gasteiger partial charge is 0.351 e. The molecular formula is C20H38N10. The second kappa shape index (κ2) is 9.59. The highest BCUT2D eigenvalue weighted by molar-refractivity contribution is 5.47. The molecule has 0 radical (unpaired) electrons. The van der Waals surface area contributed by atoms with Gasteiger partial charge in [0.25, 0.3) is 0 Å². The predicted molar refractivity (Wildman–Crippen MR) is 121 cm³/mol. The van der Waals surface area contributed by atoms with E-state index in [1.807, 2.05) is 0 Å². The van der Waals surface area contributed by atoms with Crippen molar-refractivity contribution in [2.24, 2.45) is 22.9 Å². The van der Waals surface area contributed by atoms with Crippen molar-refractivity contribution in [3.63, 3.8) is 0 Å². The molecule has 2 saturated heterocycles. The number of hydrogen-bond donors (Lipinski definition) is 5. The van der Waals surface area contributed by atoms with Crippen LogP contribution in [0.5, 0.6) is 0 Å². The summed E-state index contributed by atoms with van der Waals surface area (Å²) in [6, 6.07) is 0.466. The minimum absolute atomic E-state index is 0.0177. The molecule has 0 unspecified atom stereocenters. The molecule has 1 aliphatic carbocycles. The number of hydrogen-bond acceptors (Lipinski definition) is 10. The standard InChI is InChI=1S/C20H38N10/c21-13-7-14(22)10-29(9-13)19-26-18(25-17-5-3-1-2-4-6-17)27-20(28-19)30-11-15(23)8-16(24)12-30/h13-17H,1-12,21-24H2,(H,25,26,27,28)/t13-,14+,15-,16+. The molecule has 3 heterocycles. The summed E-state index contributed by atoms with van der Waals surface area (Å²) in [6.45, 7) is 2.77. The fourth-order valence-corrected chi connectivity index (χ4v) is 4.99. The monoisotopic (exact) mass is 418 g/mol. The molecule has 9 N–H and O–H groups in total. The van der Waals surface area contributed by atoms with Crippen molar-refractivity contribution in [1.82, 2.24) is 15.0 Å². The highest BCUT2D eigenvalue weighted by atomic mass is 15.4. The molecular weight excluding hydrogens is 380 g/mol. The molecule has 10 heteroatoms. The lowest BCUT2D eigenvalue weighted by atomic mass is 10.0. The third kappa shape index (κ3) is 5.48. The lowest BCUT2D eigenvalue weighted by Gasteiger charge is -2.37. The molecule has 3 aliphatic rings. The fourth-order valence-electron chi connectivity index (χ4n) is 4.99. The van der Waals surface area contributed by atoms with Crippen LogP contribution in [0.2, 0.25) is 0 Å². The Morgan fingerprint density at radius 3 is 1.50 bits per heavy atom. The van der Waals surface area contributed by atoms with Crippen LogP contribution >= 0.6 is 0 Å². The van der Waals surface area contributed by atoms with E-state index in [0.29, 0.717) is 50.1 Å². The van der Waals surface area contributed by atoms with Crippen molar-refractivity contribution < 1.29 is 0 Å². The topological polar surface area (TPSA) is 161 Å². The van der Waals surface area contributed by atoms with Crippen LogP contribution in [0.1, 0.15) is 51.4 Å². The van der Waals surface area contributed by atoms with Gasteiger partial charge in [-0.15, -0.1) is 0 Å². The highest BCUT2D eigenvalue weighted by Crippen LogP contribution is 2.24. The van der Waals surface area contributed by atoms with Crippen molar-refractivity contribution in [1.29, 1.82) is 0 Å². The van der Waals surface area contributed by atoms with Gasteiger partial charge in [0.05, 0.1) is 0 Å². The van der Waals surface area contributed by atoms with Gasteiger partial charge in [-0.05, 0) is 25.7 Å². The summed E-state index contributed by atoms with van der Waals surface area (Å²) in [5, 5.41) is 3.58. The van der Waals surface area contributed by atoms with Crippen LogP contribution in [-0.4, -0.2) is 71.3 Å². The van der Waals surface area contributed by atoms with Gasteiger partial charge in [-0.3, -0.25) is 0 Å². The quantitative estimate of drug-likeness (QED) is 0.412. The molecule has 3 fully saturated rings. The number of anilines is 3. The number of piperidine rings is 2. The van der Waals surface area contributed by atoms with Crippen molar-refractivity contribution >= 4 is 17.8 Å². The first-order valence-corrected chi connectivity index (χ1v) is 11.5. The number of nitrogens with one attached hydrogen (secondary N) is 1. The predicted octanol–water partition coefficient (Wildman–Crippen LogP) is -0.264. The van der Waals surface area contributed by atoms with E-state index >= 15 is 0 Å². The maximum Gasteiger partial charge on any atom is 0.232 e. The highest BCUT2D eigenvalue weighted by Gasteiger charge is 2.29. The second-order valence-electron chi connectivity index (χ2n) is 9.41. The Morgan fingerprint density at radius 2 is 1.07 bits per heavy atom. The van der Waals surface area contributed by atoms with Crippen LogP contribution in [0.15, 0.2) is 0 Å². The molecule has 1 aromatic heterocycles. The van der Waals surface area contributed by atoms with Crippen LogP contribution in [0.4, 0.5) is 17.8 Å². The molecule has 0 spiro atoms. The van der Waals surface area contributed by atoms with Gasteiger partial charge in [-0.1, -0.05) is 25.7 Å². The summed E-state index contributed by atoms with van der Waals surface area (Å²) >= 11 is 0. The first kappa shape index (κ1) is 21.5. The van der Waals surface area contributed by atoms with Gasteiger partial charge in [0.15, 0.2) is 0 Å². The summed E-state index contributed by atoms with van der Waals surface area (Å²) in [5.41, 5.74) is 24.9. The first-order valence-electron chi connectivity index (χ1n) is 11.5. The Labute approximate surface area is 179 Å². The van der Waals surface area contributed by atoms with E-state index in [1.54, 1.807) is 0 Å². The Bertz CT molecular complexity index is 628. The Morgan fingerprint density at radius 1 is 0.633 bits per heavy atom. The maximum atomic E-state index is 6.22. The van der Waals surface area contributed by atoms with Gasteiger partial charge in [-0.25, -0.2) is 0 Å². The summed E-state index contributed by atoms with van der Waals surface area (Å²) in [5.74, 6) is 1.89. The molecule has 168 valence electrons. The minimum Gasteiger partial charge on any atom is -0.351 e. The molecule has 1 aromatic rings. The molecule has 4 atom stereocenters. The van der Waals surface area contributed by atoms with E-state index in [2.05, 4.69) is 15.1 Å². The van der Waals surface area contributed by atoms with Gasteiger partial charge in [-0.2, -0.15) is 15.0 Å². The first-order chi connectivity index (χ1) is 14.5. The average Bonchev–Trinajstić information content (AvgIpc) is 2.95. The zero-order chi connectivity index (χ0) is 21.1. The van der Waals surface area contributed by atoms with E-state index in [1.165, 1.54) is 25.7 Å². The van der Waals surface area contributed by atoms with Gasteiger partial charge in [0.2, 0.25) is 17.8 Å². The fraction of sp³-hybridized carbons (Fsp3) is 0.850. The van der Waals surface area contributed by atoms with Crippen molar-refractivity contribution in [3.8, 4) is 0 Å².